The molecule has 0 aliphatic rings. The molecule has 0 spiro atoms. The smallest absolute Gasteiger partial charge is 0.341 e. The maximum absolute atomic E-state index is 12.6. The van der Waals surface area contributed by atoms with Gasteiger partial charge in [-0.15, -0.1) is 12.4 Å². The van der Waals surface area contributed by atoms with Gasteiger partial charge in [0.15, 0.2) is 11.3 Å². The van der Waals surface area contributed by atoms with Gasteiger partial charge in [0.2, 0.25) is 0 Å². The molecule has 1 amide bonds. The highest BCUT2D eigenvalue weighted by Gasteiger charge is 2.17. The summed E-state index contributed by atoms with van der Waals surface area (Å²) in [5, 5.41) is 36.1. The molecule has 20 heteroatoms. The van der Waals surface area contributed by atoms with Crippen LogP contribution >= 0.6 is 12.4 Å². The highest BCUT2D eigenvalue weighted by atomic mass is 35.5. The molecule has 10 rings (SSSR count). The number of nitriles is 1. The molecular formula is C59H77ClN16O3. The van der Waals surface area contributed by atoms with E-state index in [2.05, 4.69) is 35.7 Å². The minimum absolute atomic E-state index is 0. The third-order valence-corrected chi connectivity index (χ3v) is 9.14. The zero-order valence-electron chi connectivity index (χ0n) is 47.0. The summed E-state index contributed by atoms with van der Waals surface area (Å²) in [6.07, 6.45) is 10.6. The molecule has 0 saturated heterocycles. The molecule has 0 saturated carbocycles. The van der Waals surface area contributed by atoms with Crippen LogP contribution in [0.2, 0.25) is 0 Å². The molecule has 0 aliphatic heterocycles. The lowest BCUT2D eigenvalue weighted by molar-refractivity contribution is 0.0698. The van der Waals surface area contributed by atoms with Crippen molar-refractivity contribution in [2.45, 2.75) is 82.7 Å². The fraction of sp³-hybridized carbons (Fsp3) is 0.203. The van der Waals surface area contributed by atoms with Crippen LogP contribution in [0.25, 0.3) is 22.7 Å². The number of carboxylic acids is 1. The SMILES string of the molecule is C/C(N)=C/C#N.CC.CC.CC.CC.Cc1cc(N)n(-c2ccccc2)n1.Cc1cc(NC(=O)c2cnn3cccnc23)n(-c2ccccc2)n1.Cl.NCc1ccccc1.Nc1ccccc1.O=C(O)c1cnn2cccnc12. The number of aryl methyl sites for hydroxylation is 2. The molecule has 0 radical (unpaired) electrons. The first-order valence-corrected chi connectivity index (χ1v) is 25.4. The molecular weight excluding hydrogens is 1020 g/mol. The third kappa shape index (κ3) is 24.3. The fourth-order valence-corrected chi connectivity index (χ4v) is 5.97. The van der Waals surface area contributed by atoms with E-state index in [-0.39, 0.29) is 23.9 Å². The average molecular weight is 1090 g/mol. The van der Waals surface area contributed by atoms with E-state index in [1.807, 2.05) is 203 Å². The normalized spacial score (nSPS) is 9.33. The number of hydrogen-bond donors (Lipinski definition) is 6. The Hall–Kier alpha value is -9.64. The van der Waals surface area contributed by atoms with E-state index in [1.165, 1.54) is 34.7 Å². The Morgan fingerprint density at radius 1 is 0.633 bits per heavy atom. The van der Waals surface area contributed by atoms with Crippen LogP contribution in [0.5, 0.6) is 0 Å². The monoisotopic (exact) mass is 1090 g/mol. The van der Waals surface area contributed by atoms with E-state index in [0.717, 1.165) is 28.5 Å². The summed E-state index contributed by atoms with van der Waals surface area (Å²) < 4.78 is 6.42. The second-order valence-electron chi connectivity index (χ2n) is 14.6. The van der Waals surface area contributed by atoms with Gasteiger partial charge in [-0.3, -0.25) is 4.79 Å². The van der Waals surface area contributed by atoms with Gasteiger partial charge in [-0.1, -0.05) is 140 Å². The van der Waals surface area contributed by atoms with Crippen molar-refractivity contribution in [1.29, 1.82) is 5.26 Å². The molecule has 6 aromatic heterocycles. The summed E-state index contributed by atoms with van der Waals surface area (Å²) in [5.74, 6) is -0.0211. The number of halogens is 1. The minimum atomic E-state index is -1.01. The molecule has 0 fully saturated rings. The van der Waals surface area contributed by atoms with Crippen LogP contribution in [0.15, 0.2) is 195 Å². The van der Waals surface area contributed by atoms with Crippen LogP contribution in [0, 0.1) is 25.2 Å². The first-order valence-electron chi connectivity index (χ1n) is 25.4. The number of aromatic nitrogens is 10. The van der Waals surface area contributed by atoms with Crippen molar-refractivity contribution in [3.63, 3.8) is 0 Å². The molecule has 10 aromatic rings. The molecule has 0 aliphatic carbocycles. The summed E-state index contributed by atoms with van der Waals surface area (Å²) in [5.41, 5.74) is 29.1. The number of carboxylic acid groups (broad SMARTS) is 1. The number of anilines is 3. The van der Waals surface area contributed by atoms with Crippen molar-refractivity contribution in [2.75, 3.05) is 16.8 Å². The van der Waals surface area contributed by atoms with Crippen LogP contribution in [-0.4, -0.2) is 65.7 Å². The van der Waals surface area contributed by atoms with E-state index in [4.69, 9.17) is 33.3 Å². The average Bonchev–Trinajstić information content (AvgIpc) is 4.33. The van der Waals surface area contributed by atoms with Crippen molar-refractivity contribution in [3.8, 4) is 17.4 Å². The maximum Gasteiger partial charge on any atom is 0.341 e. The Balaban J connectivity index is 0.000000957. The Kier molecular flexibility index (Phi) is 35.7. The van der Waals surface area contributed by atoms with E-state index < -0.39 is 5.97 Å². The van der Waals surface area contributed by atoms with Crippen molar-refractivity contribution >= 4 is 52.9 Å². The number of hydrogen-bond acceptors (Lipinski definition) is 13. The quantitative estimate of drug-likeness (QED) is 0.0667. The summed E-state index contributed by atoms with van der Waals surface area (Å²) in [4.78, 5) is 31.3. The number of benzene rings is 4. The highest BCUT2D eigenvalue weighted by Crippen LogP contribution is 2.19. The van der Waals surface area contributed by atoms with E-state index >= 15 is 0 Å². The molecule has 0 bridgehead atoms. The number of nitrogen functional groups attached to an aromatic ring is 2. The molecule has 6 heterocycles. The lowest BCUT2D eigenvalue weighted by Crippen LogP contribution is -2.15. The van der Waals surface area contributed by atoms with Gasteiger partial charge in [-0.2, -0.15) is 25.7 Å². The zero-order chi connectivity index (χ0) is 58.3. The number of amides is 1. The van der Waals surface area contributed by atoms with Gasteiger partial charge in [0.1, 0.15) is 22.8 Å². The first-order chi connectivity index (χ1) is 37.9. The summed E-state index contributed by atoms with van der Waals surface area (Å²) in [6.45, 7) is 22.1. The van der Waals surface area contributed by atoms with Crippen molar-refractivity contribution in [2.24, 2.45) is 11.5 Å². The van der Waals surface area contributed by atoms with E-state index in [1.54, 1.807) is 57.6 Å². The van der Waals surface area contributed by atoms with Gasteiger partial charge >= 0.3 is 5.97 Å². The largest absolute Gasteiger partial charge is 0.477 e. The minimum Gasteiger partial charge on any atom is -0.477 e. The third-order valence-electron chi connectivity index (χ3n) is 9.14. The number of nitrogens with zero attached hydrogens (tertiary/aromatic N) is 11. The number of para-hydroxylation sites is 3. The second-order valence-corrected chi connectivity index (χ2v) is 14.6. The lowest BCUT2D eigenvalue weighted by Gasteiger charge is -2.08. The maximum atomic E-state index is 12.6. The van der Waals surface area contributed by atoms with Crippen LogP contribution in [0.1, 0.15) is 100.0 Å². The van der Waals surface area contributed by atoms with Gasteiger partial charge in [-0.25, -0.2) is 33.2 Å². The molecule has 4 aromatic carbocycles. The van der Waals surface area contributed by atoms with Crippen LogP contribution < -0.4 is 28.3 Å². The van der Waals surface area contributed by atoms with Crippen LogP contribution in [0.3, 0.4) is 0 Å². The van der Waals surface area contributed by atoms with Gasteiger partial charge in [-0.05, 0) is 74.9 Å². The lowest BCUT2D eigenvalue weighted by atomic mass is 10.2. The van der Waals surface area contributed by atoms with Gasteiger partial charge in [0.25, 0.3) is 5.91 Å². The van der Waals surface area contributed by atoms with E-state index in [9.17, 15) is 9.59 Å². The van der Waals surface area contributed by atoms with Crippen molar-refractivity contribution < 1.29 is 14.7 Å². The number of fused-ring (bicyclic) bond motifs is 2. The Labute approximate surface area is 470 Å². The number of nitrogens with one attached hydrogen (secondary N) is 1. The van der Waals surface area contributed by atoms with Crippen molar-refractivity contribution in [1.82, 2.24) is 48.8 Å². The first kappa shape index (κ1) is 69.4. The number of carbonyl (C=O) groups excluding carboxylic acids is 1. The second kappa shape index (κ2) is 40.6. The molecule has 79 heavy (non-hydrogen) atoms. The van der Waals surface area contributed by atoms with E-state index in [0.29, 0.717) is 40.7 Å². The Bertz CT molecular complexity index is 3260. The van der Waals surface area contributed by atoms with Gasteiger partial charge in [0.05, 0.1) is 41.2 Å². The fourth-order valence-electron chi connectivity index (χ4n) is 5.97. The predicted octanol–water partition coefficient (Wildman–Crippen LogP) is 12.0. The summed E-state index contributed by atoms with van der Waals surface area (Å²) in [6, 6.07) is 47.9. The number of allylic oxidation sites excluding steroid dienone is 2. The summed E-state index contributed by atoms with van der Waals surface area (Å²) in [7, 11) is 0. The topological polar surface area (TPSA) is 290 Å². The zero-order valence-corrected chi connectivity index (χ0v) is 47.8. The van der Waals surface area contributed by atoms with Crippen LogP contribution in [0.4, 0.5) is 17.3 Å². The number of nitrogens with two attached hydrogens (primary N) is 4. The Morgan fingerprint density at radius 3 is 1.43 bits per heavy atom. The standard InChI is InChI=1S/C17H14N6O.C10H11N3.C7H5N3O2.C7H9N.C6H7N.C4H6N2.4C2H6.ClH/c1-12-10-15(23(21-12)13-6-3-2-4-7-13)20-17(24)14-11-19-22-9-5-8-18-16(14)22;1-8-7-10(11)13(12-8)9-5-3-2-4-6-9;11-7(12)5-4-9-10-3-1-2-8-6(5)10;8-6-7-4-2-1-3-5-7;7-6-4-2-1-3-5-6;1-4(6)2-3-5;4*1-2;/h2-11H,1H3,(H,20,24);2-7H,11H2,1H3;1-4H,(H,11,12);1-5H,6,8H2;1-5H,7H2;2H,6H2,1H3;4*1-2H3;1H/b;;;;;4-2-;;;;;. The van der Waals surface area contributed by atoms with Gasteiger partial charge in [0, 0.05) is 60.9 Å². The number of aromatic carboxylic acids is 1. The van der Waals surface area contributed by atoms with Crippen LogP contribution in [-0.2, 0) is 6.54 Å². The van der Waals surface area contributed by atoms with Crippen molar-refractivity contribution in [3.05, 3.63) is 223 Å². The Morgan fingerprint density at radius 2 is 1.05 bits per heavy atom. The predicted molar refractivity (Wildman–Crippen MR) is 323 cm³/mol. The molecule has 0 unspecified atom stereocenters. The number of carbonyl (C=O) groups is 2. The number of rotatable bonds is 6. The molecule has 0 atom stereocenters. The molecule has 10 N–H and O–H groups in total. The van der Waals surface area contributed by atoms with Gasteiger partial charge < -0.3 is 33.4 Å². The summed E-state index contributed by atoms with van der Waals surface area (Å²) >= 11 is 0. The highest BCUT2D eigenvalue weighted by molar-refractivity contribution is 6.07. The molecule has 19 nitrogen and oxygen atoms in total. The molecule has 418 valence electrons.